The van der Waals surface area contributed by atoms with E-state index in [-0.39, 0.29) is 11.9 Å². The van der Waals surface area contributed by atoms with Crippen molar-refractivity contribution in [1.82, 2.24) is 9.88 Å². The molecule has 0 aliphatic carbocycles. The van der Waals surface area contributed by atoms with Crippen LogP contribution in [0.25, 0.3) is 0 Å². The van der Waals surface area contributed by atoms with Crippen LogP contribution in [0.4, 0.5) is 0 Å². The molecule has 0 saturated heterocycles. The Bertz CT molecular complexity index is 825. The van der Waals surface area contributed by atoms with Gasteiger partial charge in [0.2, 0.25) is 0 Å². The molecule has 3 rings (SSSR count). The van der Waals surface area contributed by atoms with Crippen LogP contribution in [0, 0.1) is 6.92 Å². The molecule has 25 heavy (non-hydrogen) atoms. The lowest BCUT2D eigenvalue weighted by atomic mass is 10.1. The fourth-order valence-corrected chi connectivity index (χ4v) is 3.85. The van der Waals surface area contributed by atoms with Gasteiger partial charge < -0.3 is 9.64 Å². The minimum atomic E-state index is 0.00239. The van der Waals surface area contributed by atoms with Crippen molar-refractivity contribution in [3.05, 3.63) is 68.3 Å². The van der Waals surface area contributed by atoms with Gasteiger partial charge in [0.25, 0.3) is 5.91 Å². The van der Waals surface area contributed by atoms with Crippen molar-refractivity contribution >= 4 is 28.6 Å². The number of thiophene rings is 1. The maximum Gasteiger partial charge on any atom is 0.254 e. The van der Waals surface area contributed by atoms with Gasteiger partial charge in [0.05, 0.1) is 16.7 Å². The van der Waals surface area contributed by atoms with E-state index in [1.54, 1.807) is 27.6 Å². The van der Waals surface area contributed by atoms with Crippen LogP contribution >= 0.6 is 22.7 Å². The van der Waals surface area contributed by atoms with E-state index in [4.69, 9.17) is 4.74 Å². The summed E-state index contributed by atoms with van der Waals surface area (Å²) in [5.41, 5.74) is 1.58. The average Bonchev–Trinajstić information content (AvgIpc) is 3.30. The second-order valence-corrected chi connectivity index (χ2v) is 7.82. The second kappa shape index (κ2) is 7.80. The van der Waals surface area contributed by atoms with E-state index in [0.29, 0.717) is 12.2 Å². The highest BCUT2D eigenvalue weighted by Gasteiger charge is 2.19. The number of benzene rings is 1. The number of nitrogens with zero attached hydrogens (tertiary/aromatic N) is 2. The number of ether oxygens (including phenoxy) is 1. The maximum atomic E-state index is 12.7. The van der Waals surface area contributed by atoms with Crippen molar-refractivity contribution in [3.63, 3.8) is 0 Å². The summed E-state index contributed by atoms with van der Waals surface area (Å²) in [4.78, 5) is 20.0. The molecule has 2 aromatic heterocycles. The third kappa shape index (κ3) is 4.27. The number of thiazole rings is 1. The molecule has 130 valence electrons. The zero-order valence-corrected chi connectivity index (χ0v) is 16.1. The van der Waals surface area contributed by atoms with Crippen molar-refractivity contribution in [2.24, 2.45) is 0 Å². The third-order valence-corrected chi connectivity index (χ3v) is 5.88. The monoisotopic (exact) mass is 372 g/mol. The summed E-state index contributed by atoms with van der Waals surface area (Å²) in [7, 11) is 1.84. The molecule has 0 radical (unpaired) electrons. The molecule has 1 amide bonds. The summed E-state index contributed by atoms with van der Waals surface area (Å²) in [6, 6.07) is 11.4. The number of hydrogen-bond donors (Lipinski definition) is 0. The Morgan fingerprint density at radius 3 is 2.60 bits per heavy atom. The van der Waals surface area contributed by atoms with E-state index >= 15 is 0 Å². The quantitative estimate of drug-likeness (QED) is 0.616. The smallest absolute Gasteiger partial charge is 0.254 e. The van der Waals surface area contributed by atoms with Crippen LogP contribution in [0.5, 0.6) is 5.75 Å². The van der Waals surface area contributed by atoms with Crippen molar-refractivity contribution in [3.8, 4) is 5.75 Å². The normalized spacial score (nSPS) is 12.0. The highest BCUT2D eigenvalue weighted by molar-refractivity contribution is 7.10. The van der Waals surface area contributed by atoms with Gasteiger partial charge in [-0.2, -0.15) is 0 Å². The van der Waals surface area contributed by atoms with Gasteiger partial charge in [0.15, 0.2) is 0 Å². The summed E-state index contributed by atoms with van der Waals surface area (Å²) < 4.78 is 5.73. The van der Waals surface area contributed by atoms with Gasteiger partial charge in [0.1, 0.15) is 12.4 Å². The number of hydrogen-bond acceptors (Lipinski definition) is 5. The standard InChI is InChI=1S/C19H20N2O2S2/c1-13(18-5-4-10-24-18)21(3)19(22)15-6-8-17(9-7-15)23-11-16-12-25-14(2)20-16/h4-10,12-13H,11H2,1-3H3. The van der Waals surface area contributed by atoms with E-state index in [1.807, 2.05) is 62.0 Å². The largest absolute Gasteiger partial charge is 0.487 e. The summed E-state index contributed by atoms with van der Waals surface area (Å²) in [5.74, 6) is 0.735. The third-order valence-electron chi connectivity index (χ3n) is 4.01. The average molecular weight is 373 g/mol. The Hall–Kier alpha value is -2.18. The first kappa shape index (κ1) is 17.6. The number of aromatic nitrogens is 1. The molecule has 6 heteroatoms. The van der Waals surface area contributed by atoms with Crippen LogP contribution in [0.15, 0.2) is 47.2 Å². The van der Waals surface area contributed by atoms with Gasteiger partial charge in [0, 0.05) is 22.9 Å². The van der Waals surface area contributed by atoms with Crippen LogP contribution in [-0.4, -0.2) is 22.8 Å². The first-order valence-corrected chi connectivity index (χ1v) is 9.75. The van der Waals surface area contributed by atoms with Crippen LogP contribution in [-0.2, 0) is 6.61 Å². The Morgan fingerprint density at radius 2 is 2.00 bits per heavy atom. The number of carbonyl (C=O) groups is 1. The molecule has 1 aromatic carbocycles. The highest BCUT2D eigenvalue weighted by atomic mass is 32.1. The zero-order valence-electron chi connectivity index (χ0n) is 14.4. The van der Waals surface area contributed by atoms with Crippen molar-refractivity contribution < 1.29 is 9.53 Å². The van der Waals surface area contributed by atoms with Crippen LogP contribution in [0.3, 0.4) is 0 Å². The molecule has 1 unspecified atom stereocenters. The molecule has 0 aliphatic heterocycles. The minimum Gasteiger partial charge on any atom is -0.487 e. The van der Waals surface area contributed by atoms with E-state index in [0.717, 1.165) is 16.5 Å². The Labute approximate surface area is 155 Å². The molecule has 4 nitrogen and oxygen atoms in total. The van der Waals surface area contributed by atoms with Gasteiger partial charge in [-0.1, -0.05) is 6.07 Å². The number of carbonyl (C=O) groups excluding carboxylic acids is 1. The van der Waals surface area contributed by atoms with Crippen molar-refractivity contribution in [2.75, 3.05) is 7.05 Å². The Kier molecular flexibility index (Phi) is 5.50. The Balaban J connectivity index is 1.62. The molecular weight excluding hydrogens is 352 g/mol. The second-order valence-electron chi connectivity index (χ2n) is 5.78. The molecule has 2 heterocycles. The summed E-state index contributed by atoms with van der Waals surface area (Å²) >= 11 is 3.27. The number of amides is 1. The van der Waals surface area contributed by atoms with E-state index in [9.17, 15) is 4.79 Å². The zero-order chi connectivity index (χ0) is 17.8. The molecule has 0 spiro atoms. The predicted octanol–water partition coefficient (Wildman–Crippen LogP) is 4.93. The summed E-state index contributed by atoms with van der Waals surface area (Å²) in [6.07, 6.45) is 0. The topological polar surface area (TPSA) is 42.4 Å². The van der Waals surface area contributed by atoms with Gasteiger partial charge >= 0.3 is 0 Å². The lowest BCUT2D eigenvalue weighted by Crippen LogP contribution is -2.29. The lowest BCUT2D eigenvalue weighted by Gasteiger charge is -2.24. The van der Waals surface area contributed by atoms with Gasteiger partial charge in [-0.05, 0) is 49.6 Å². The van der Waals surface area contributed by atoms with Gasteiger partial charge in [-0.25, -0.2) is 4.98 Å². The molecule has 3 aromatic rings. The van der Waals surface area contributed by atoms with E-state index in [1.165, 1.54) is 4.88 Å². The van der Waals surface area contributed by atoms with E-state index < -0.39 is 0 Å². The molecule has 0 aliphatic rings. The molecule has 0 N–H and O–H groups in total. The molecule has 0 saturated carbocycles. The molecule has 0 fully saturated rings. The summed E-state index contributed by atoms with van der Waals surface area (Å²) in [5, 5.41) is 5.05. The predicted molar refractivity (Wildman–Crippen MR) is 102 cm³/mol. The van der Waals surface area contributed by atoms with Crippen LogP contribution in [0.2, 0.25) is 0 Å². The highest BCUT2D eigenvalue weighted by Crippen LogP contribution is 2.25. The van der Waals surface area contributed by atoms with Crippen molar-refractivity contribution in [1.29, 1.82) is 0 Å². The van der Waals surface area contributed by atoms with Gasteiger partial charge in [-0.3, -0.25) is 4.79 Å². The molecule has 1 atom stereocenters. The Morgan fingerprint density at radius 1 is 1.24 bits per heavy atom. The minimum absolute atomic E-state index is 0.00239. The fraction of sp³-hybridized carbons (Fsp3) is 0.263. The lowest BCUT2D eigenvalue weighted by molar-refractivity contribution is 0.0745. The molecule has 0 bridgehead atoms. The first-order chi connectivity index (χ1) is 12.0. The molecular formula is C19H20N2O2S2. The van der Waals surface area contributed by atoms with Gasteiger partial charge in [-0.15, -0.1) is 22.7 Å². The number of rotatable bonds is 6. The van der Waals surface area contributed by atoms with E-state index in [2.05, 4.69) is 11.1 Å². The van der Waals surface area contributed by atoms with Crippen molar-refractivity contribution in [2.45, 2.75) is 26.5 Å². The summed E-state index contributed by atoms with van der Waals surface area (Å²) in [6.45, 7) is 4.45. The van der Waals surface area contributed by atoms with Crippen LogP contribution < -0.4 is 4.74 Å². The number of aryl methyl sites for hydroxylation is 1. The maximum absolute atomic E-state index is 12.7. The fourth-order valence-electron chi connectivity index (χ4n) is 2.42. The first-order valence-electron chi connectivity index (χ1n) is 7.99. The van der Waals surface area contributed by atoms with Crippen LogP contribution in [0.1, 0.15) is 38.9 Å². The SMILES string of the molecule is Cc1nc(COc2ccc(C(=O)N(C)C(C)c3cccs3)cc2)cs1.